The molecule has 0 saturated heterocycles. The Bertz CT molecular complexity index is 8790. The summed E-state index contributed by atoms with van der Waals surface area (Å²) in [5.41, 5.74) is 39.0. The fraction of sp³-hybridized carbons (Fsp3) is 0.0462. The molecule has 2 aromatic heterocycles. The van der Waals surface area contributed by atoms with Crippen molar-refractivity contribution in [1.82, 2.24) is 9.13 Å². The molecular formula is C130H92N4. The Balaban J connectivity index is 0.000000143. The van der Waals surface area contributed by atoms with Crippen molar-refractivity contribution in [2.45, 2.75) is 38.5 Å². The number of nitrogens with zero attached hydrogens (tertiary/aromatic N) is 4. The van der Waals surface area contributed by atoms with Crippen LogP contribution < -0.4 is 9.80 Å². The summed E-state index contributed by atoms with van der Waals surface area (Å²) < 4.78 is 4.86. The molecule has 0 radical (unpaired) electrons. The summed E-state index contributed by atoms with van der Waals surface area (Å²) in [6.07, 6.45) is 0. The predicted octanol–water partition coefficient (Wildman–Crippen LogP) is 35.7. The summed E-state index contributed by atoms with van der Waals surface area (Å²) in [6, 6.07) is 179. The molecule has 2 aliphatic rings. The van der Waals surface area contributed by atoms with Crippen LogP contribution in [0.3, 0.4) is 0 Å². The molecule has 0 saturated carbocycles. The number of hydrogen-bond acceptors (Lipinski definition) is 2. The zero-order valence-electron chi connectivity index (χ0n) is 75.0. The molecule has 134 heavy (non-hydrogen) atoms. The van der Waals surface area contributed by atoms with Gasteiger partial charge in [-0.05, 0) is 283 Å². The molecule has 0 bridgehead atoms. The van der Waals surface area contributed by atoms with Gasteiger partial charge >= 0.3 is 0 Å². The van der Waals surface area contributed by atoms with Gasteiger partial charge in [-0.1, -0.05) is 373 Å². The number of anilines is 6. The Kier molecular flexibility index (Phi) is 18.9. The standard InChI is InChI=1S/2C65H46N2/c1-65(2)60-25-9-7-22-56(60)57-38-37-52(42-61(57)65)66(51-35-30-46(31-36-51)54-24-12-16-44-14-3-5-20-53(44)54)50-33-28-43(29-34-50)47-18-11-19-48(40-47)49-32-39-64-59(41-49)58-23-8-10-26-63(58)67(64)62-27-13-17-45-15-4-6-21-55(45)62;1-65(2)60-23-10-8-21-56(60)57-36-35-54(42-61(57)65)66(53-34-30-49-39-48(26-27-50(49)40-53)43-14-4-3-5-15-43)52-32-28-44(29-33-52)46-18-12-19-47(38-46)51-31-37-64-59(41-51)58-22-9-11-24-63(58)67(64)62-25-13-17-45-16-6-7-20-55(45)62/h2*3-42H,1-2H3. The van der Waals surface area contributed by atoms with E-state index in [0.29, 0.717) is 0 Å². The van der Waals surface area contributed by atoms with Crippen molar-refractivity contribution in [2.75, 3.05) is 9.80 Å². The van der Waals surface area contributed by atoms with Gasteiger partial charge in [0.15, 0.2) is 0 Å². The summed E-state index contributed by atoms with van der Waals surface area (Å²) in [7, 11) is 0. The Labute approximate surface area is 780 Å². The van der Waals surface area contributed by atoms with Crippen molar-refractivity contribution in [2.24, 2.45) is 0 Å². The van der Waals surface area contributed by atoms with Gasteiger partial charge in [0.2, 0.25) is 0 Å². The third-order valence-corrected chi connectivity index (χ3v) is 28.7. The number of aromatic nitrogens is 2. The van der Waals surface area contributed by atoms with Gasteiger partial charge in [-0.2, -0.15) is 0 Å². The average molecular weight is 1710 g/mol. The second-order valence-corrected chi connectivity index (χ2v) is 37.1. The summed E-state index contributed by atoms with van der Waals surface area (Å²) in [6.45, 7) is 9.43. The first-order valence-electron chi connectivity index (χ1n) is 46.7. The van der Waals surface area contributed by atoms with Crippen LogP contribution in [0.15, 0.2) is 485 Å². The van der Waals surface area contributed by atoms with Crippen LogP contribution in [-0.2, 0) is 10.8 Å². The first-order chi connectivity index (χ1) is 65.9. The smallest absolute Gasteiger partial charge is 0.0541 e. The Morgan fingerprint density at radius 2 is 0.455 bits per heavy atom. The van der Waals surface area contributed by atoms with E-state index in [4.69, 9.17) is 0 Å². The molecule has 24 aromatic rings. The molecule has 2 heterocycles. The van der Waals surface area contributed by atoms with Crippen molar-refractivity contribution in [3.05, 3.63) is 508 Å². The molecule has 26 rings (SSSR count). The molecule has 2 aliphatic carbocycles. The monoisotopic (exact) mass is 1710 g/mol. The number of fused-ring (bicyclic) bond motifs is 16. The highest BCUT2D eigenvalue weighted by atomic mass is 15.1. The van der Waals surface area contributed by atoms with Crippen LogP contribution in [0.4, 0.5) is 34.1 Å². The van der Waals surface area contributed by atoms with Crippen LogP contribution in [0.1, 0.15) is 49.9 Å². The van der Waals surface area contributed by atoms with Crippen molar-refractivity contribution in [1.29, 1.82) is 0 Å². The summed E-state index contributed by atoms with van der Waals surface area (Å²) in [5, 5.41) is 14.9. The van der Waals surface area contributed by atoms with Crippen LogP contribution in [0.25, 0.3) is 187 Å². The maximum Gasteiger partial charge on any atom is 0.0541 e. The van der Waals surface area contributed by atoms with E-state index in [2.05, 4.69) is 532 Å². The summed E-state index contributed by atoms with van der Waals surface area (Å²) in [5.74, 6) is 0. The highest BCUT2D eigenvalue weighted by Gasteiger charge is 2.38. The Morgan fingerprint density at radius 3 is 0.963 bits per heavy atom. The lowest BCUT2D eigenvalue weighted by Gasteiger charge is -2.28. The SMILES string of the molecule is CC1(C)c2ccccc2-c2ccc(N(c3ccc(-c4cccc(-c5ccc6c(c5)c5ccccc5n6-c5cccc6ccccc56)c4)cc3)c3ccc(-c4cccc5ccccc45)cc3)cc21.CC1(C)c2ccccc2-c2ccc(N(c3ccc(-c4cccc(-c5ccc6c(c5)c5ccccc5n6-c5cccc6ccccc56)c4)cc3)c3ccc4cc(-c5ccccc5)ccc4c3)cc21. The minimum absolute atomic E-state index is 0.112. The maximum atomic E-state index is 2.43. The molecule has 0 spiro atoms. The van der Waals surface area contributed by atoms with Gasteiger partial charge in [0, 0.05) is 77.3 Å². The lowest BCUT2D eigenvalue weighted by molar-refractivity contribution is 0.660. The molecule has 0 unspecified atom stereocenters. The van der Waals surface area contributed by atoms with Gasteiger partial charge < -0.3 is 18.9 Å². The van der Waals surface area contributed by atoms with Gasteiger partial charge in [0.1, 0.15) is 0 Å². The second-order valence-electron chi connectivity index (χ2n) is 37.1. The van der Waals surface area contributed by atoms with E-state index in [1.807, 2.05) is 0 Å². The average Bonchev–Trinajstić information content (AvgIpc) is 1.60. The van der Waals surface area contributed by atoms with Gasteiger partial charge in [-0.3, -0.25) is 0 Å². The molecule has 4 nitrogen and oxygen atoms in total. The van der Waals surface area contributed by atoms with Crippen LogP contribution in [0.5, 0.6) is 0 Å². The third kappa shape index (κ3) is 13.4. The Morgan fingerprint density at radius 1 is 0.157 bits per heavy atom. The van der Waals surface area contributed by atoms with Crippen LogP contribution in [-0.4, -0.2) is 9.13 Å². The highest BCUT2D eigenvalue weighted by molar-refractivity contribution is 6.14. The molecule has 632 valence electrons. The van der Waals surface area contributed by atoms with E-state index in [9.17, 15) is 0 Å². The van der Waals surface area contributed by atoms with E-state index in [0.717, 1.165) is 34.1 Å². The fourth-order valence-corrected chi connectivity index (χ4v) is 22.0. The minimum atomic E-state index is -0.113. The molecule has 4 heteroatoms. The van der Waals surface area contributed by atoms with E-state index in [1.165, 1.54) is 209 Å². The summed E-state index contributed by atoms with van der Waals surface area (Å²) in [4.78, 5) is 4.84. The van der Waals surface area contributed by atoms with Gasteiger partial charge in [-0.25, -0.2) is 0 Å². The molecule has 0 fully saturated rings. The first-order valence-corrected chi connectivity index (χ1v) is 46.7. The van der Waals surface area contributed by atoms with Crippen LogP contribution >= 0.6 is 0 Å². The van der Waals surface area contributed by atoms with Crippen molar-refractivity contribution < 1.29 is 0 Å². The Hall–Kier alpha value is -16.9. The van der Waals surface area contributed by atoms with Gasteiger partial charge in [-0.15, -0.1) is 0 Å². The predicted molar refractivity (Wildman–Crippen MR) is 569 cm³/mol. The number of benzene rings is 22. The number of hydrogen-bond donors (Lipinski definition) is 0. The molecule has 0 N–H and O–H groups in total. The molecule has 22 aromatic carbocycles. The normalized spacial score (nSPS) is 12.7. The number of rotatable bonds is 14. The number of para-hydroxylation sites is 2. The van der Waals surface area contributed by atoms with Crippen LogP contribution in [0.2, 0.25) is 0 Å². The lowest BCUT2D eigenvalue weighted by atomic mass is 9.82. The molecule has 0 amide bonds. The zero-order valence-corrected chi connectivity index (χ0v) is 75.0. The largest absolute Gasteiger partial charge is 0.310 e. The third-order valence-electron chi connectivity index (χ3n) is 28.7. The van der Waals surface area contributed by atoms with E-state index >= 15 is 0 Å². The lowest BCUT2D eigenvalue weighted by Crippen LogP contribution is -2.16. The van der Waals surface area contributed by atoms with Crippen molar-refractivity contribution in [3.8, 4) is 100 Å². The first kappa shape index (κ1) is 79.3. The topological polar surface area (TPSA) is 16.3 Å². The summed E-state index contributed by atoms with van der Waals surface area (Å²) >= 11 is 0. The van der Waals surface area contributed by atoms with E-state index in [-0.39, 0.29) is 10.8 Å². The van der Waals surface area contributed by atoms with Gasteiger partial charge in [0.25, 0.3) is 0 Å². The van der Waals surface area contributed by atoms with Crippen molar-refractivity contribution in [3.63, 3.8) is 0 Å². The zero-order chi connectivity index (χ0) is 89.3. The van der Waals surface area contributed by atoms with E-state index in [1.54, 1.807) is 0 Å². The van der Waals surface area contributed by atoms with Gasteiger partial charge in [0.05, 0.1) is 33.4 Å². The minimum Gasteiger partial charge on any atom is -0.310 e. The maximum absolute atomic E-state index is 2.43. The highest BCUT2D eigenvalue weighted by Crippen LogP contribution is 2.54. The fourth-order valence-electron chi connectivity index (χ4n) is 22.0. The quantitative estimate of drug-likeness (QED) is 0.108. The second kappa shape index (κ2) is 32.0. The molecular weight excluding hydrogens is 1620 g/mol. The molecule has 0 atom stereocenters. The van der Waals surface area contributed by atoms with Crippen LogP contribution in [0, 0.1) is 0 Å². The van der Waals surface area contributed by atoms with Crippen molar-refractivity contribution >= 4 is 121 Å². The molecule has 0 aliphatic heterocycles. The van der Waals surface area contributed by atoms with E-state index < -0.39 is 0 Å².